The Bertz CT molecular complexity index is 228. The van der Waals surface area contributed by atoms with Crippen LogP contribution >= 0.6 is 0 Å². The summed E-state index contributed by atoms with van der Waals surface area (Å²) in [5.74, 6) is 0.559. The van der Waals surface area contributed by atoms with Crippen molar-refractivity contribution in [3.8, 4) is 0 Å². The van der Waals surface area contributed by atoms with Gasteiger partial charge in [0.05, 0.1) is 6.61 Å². The molecular weight excluding hydrogens is 190 g/mol. The number of carbonyl (C=O) groups is 1. The summed E-state index contributed by atoms with van der Waals surface area (Å²) in [6.07, 6.45) is 5.65. The van der Waals surface area contributed by atoms with E-state index >= 15 is 0 Å². The highest BCUT2D eigenvalue weighted by atomic mass is 16.5. The maximum absolute atomic E-state index is 11.4. The van der Waals surface area contributed by atoms with Gasteiger partial charge in [-0.25, -0.2) is 0 Å². The molecule has 15 heavy (non-hydrogen) atoms. The van der Waals surface area contributed by atoms with Crippen molar-refractivity contribution in [2.75, 3.05) is 13.7 Å². The predicted molar refractivity (Wildman–Crippen MR) is 58.5 cm³/mol. The van der Waals surface area contributed by atoms with Crippen molar-refractivity contribution < 1.29 is 9.53 Å². The van der Waals surface area contributed by atoms with Gasteiger partial charge < -0.3 is 9.64 Å². The topological polar surface area (TPSA) is 29.5 Å². The summed E-state index contributed by atoms with van der Waals surface area (Å²) < 4.78 is 5.01. The molecule has 0 saturated carbocycles. The van der Waals surface area contributed by atoms with E-state index < -0.39 is 0 Å². The molecule has 2 aliphatic rings. The molecule has 2 saturated heterocycles. The largest absolute Gasteiger partial charge is 0.466 e. The zero-order valence-electron chi connectivity index (χ0n) is 9.74. The Hall–Kier alpha value is -0.570. The van der Waals surface area contributed by atoms with Crippen LogP contribution in [0, 0.1) is 5.92 Å². The average Bonchev–Trinajstić information content (AvgIpc) is 2.43. The quantitative estimate of drug-likeness (QED) is 0.667. The van der Waals surface area contributed by atoms with Crippen molar-refractivity contribution in [2.24, 2.45) is 5.92 Å². The van der Waals surface area contributed by atoms with E-state index in [0.29, 0.717) is 18.9 Å². The van der Waals surface area contributed by atoms with Crippen molar-refractivity contribution in [2.45, 2.75) is 51.1 Å². The van der Waals surface area contributed by atoms with Gasteiger partial charge >= 0.3 is 5.97 Å². The highest BCUT2D eigenvalue weighted by Crippen LogP contribution is 2.38. The van der Waals surface area contributed by atoms with Gasteiger partial charge in [0.25, 0.3) is 0 Å². The van der Waals surface area contributed by atoms with Gasteiger partial charge in [0, 0.05) is 18.5 Å². The molecule has 0 aliphatic carbocycles. The Morgan fingerprint density at radius 3 is 2.47 bits per heavy atom. The molecule has 0 aromatic heterocycles. The van der Waals surface area contributed by atoms with Gasteiger partial charge in [-0.3, -0.25) is 4.79 Å². The van der Waals surface area contributed by atoms with Crippen molar-refractivity contribution >= 4 is 5.97 Å². The van der Waals surface area contributed by atoms with Crippen LogP contribution in [0.3, 0.4) is 0 Å². The summed E-state index contributed by atoms with van der Waals surface area (Å²) in [6.45, 7) is 2.38. The second kappa shape index (κ2) is 4.52. The fourth-order valence-corrected chi connectivity index (χ4v) is 3.15. The van der Waals surface area contributed by atoms with Crippen LogP contribution in [0.1, 0.15) is 39.0 Å². The third-order valence-electron chi connectivity index (χ3n) is 3.96. The summed E-state index contributed by atoms with van der Waals surface area (Å²) in [5.41, 5.74) is 0. The van der Waals surface area contributed by atoms with Crippen molar-refractivity contribution in [1.29, 1.82) is 0 Å². The molecule has 3 heteroatoms. The second-order valence-corrected chi connectivity index (χ2v) is 4.90. The van der Waals surface area contributed by atoms with Crippen LogP contribution in [-0.2, 0) is 9.53 Å². The van der Waals surface area contributed by atoms with E-state index in [1.54, 1.807) is 0 Å². The minimum Gasteiger partial charge on any atom is -0.466 e. The predicted octanol–water partition coefficient (Wildman–Crippen LogP) is 1.81. The smallest absolute Gasteiger partial charge is 0.306 e. The molecular formula is C12H21NO2. The van der Waals surface area contributed by atoms with Gasteiger partial charge in [-0.2, -0.15) is 0 Å². The molecule has 2 heterocycles. The van der Waals surface area contributed by atoms with E-state index in [1.807, 2.05) is 6.92 Å². The molecule has 86 valence electrons. The lowest BCUT2D eigenvalue weighted by Gasteiger charge is -2.35. The van der Waals surface area contributed by atoms with Crippen LogP contribution in [0.4, 0.5) is 0 Å². The molecule has 2 fully saturated rings. The molecule has 0 aromatic carbocycles. The van der Waals surface area contributed by atoms with E-state index in [4.69, 9.17) is 4.74 Å². The Morgan fingerprint density at radius 1 is 1.33 bits per heavy atom. The second-order valence-electron chi connectivity index (χ2n) is 4.90. The van der Waals surface area contributed by atoms with E-state index in [9.17, 15) is 4.79 Å². The third-order valence-corrected chi connectivity index (χ3v) is 3.96. The van der Waals surface area contributed by atoms with Gasteiger partial charge in [0.15, 0.2) is 0 Å². The van der Waals surface area contributed by atoms with Crippen LogP contribution in [-0.4, -0.2) is 36.6 Å². The van der Waals surface area contributed by atoms with Crippen molar-refractivity contribution in [3.05, 3.63) is 0 Å². The first kappa shape index (κ1) is 10.9. The van der Waals surface area contributed by atoms with Gasteiger partial charge in [0.2, 0.25) is 0 Å². The SMILES string of the molecule is CCOC(=O)CC1C[C@H]2CC[C@H](C1)N2C. The number of carbonyl (C=O) groups excluding carboxylic acids is 1. The molecule has 0 amide bonds. The summed E-state index contributed by atoms with van der Waals surface area (Å²) >= 11 is 0. The maximum Gasteiger partial charge on any atom is 0.306 e. The fourth-order valence-electron chi connectivity index (χ4n) is 3.15. The van der Waals surface area contributed by atoms with Crippen LogP contribution in [0.25, 0.3) is 0 Å². The van der Waals surface area contributed by atoms with Gasteiger partial charge in [-0.05, 0) is 45.6 Å². The normalized spacial score (nSPS) is 35.5. The Balaban J connectivity index is 1.84. The van der Waals surface area contributed by atoms with E-state index in [2.05, 4.69) is 11.9 Å². The average molecular weight is 211 g/mol. The Labute approximate surface area is 91.8 Å². The van der Waals surface area contributed by atoms with E-state index in [1.165, 1.54) is 25.7 Å². The Morgan fingerprint density at radius 2 is 1.93 bits per heavy atom. The Kier molecular flexibility index (Phi) is 3.29. The van der Waals surface area contributed by atoms with Gasteiger partial charge in [0.1, 0.15) is 0 Å². The molecule has 3 nitrogen and oxygen atoms in total. The summed E-state index contributed by atoms with van der Waals surface area (Å²) in [5, 5.41) is 0. The first-order valence-corrected chi connectivity index (χ1v) is 6.08. The van der Waals surface area contributed by atoms with Gasteiger partial charge in [-0.1, -0.05) is 0 Å². The minimum absolute atomic E-state index is 0.00791. The first-order valence-electron chi connectivity index (χ1n) is 6.08. The van der Waals surface area contributed by atoms with Crippen molar-refractivity contribution in [1.82, 2.24) is 4.90 Å². The molecule has 2 atom stereocenters. The summed E-state index contributed by atoms with van der Waals surface area (Å²) in [4.78, 5) is 13.9. The fraction of sp³-hybridized carbons (Fsp3) is 0.917. The summed E-state index contributed by atoms with van der Waals surface area (Å²) in [7, 11) is 2.23. The van der Waals surface area contributed by atoms with Gasteiger partial charge in [-0.15, -0.1) is 0 Å². The molecule has 0 radical (unpaired) electrons. The van der Waals surface area contributed by atoms with Crippen LogP contribution in [0.2, 0.25) is 0 Å². The number of fused-ring (bicyclic) bond motifs is 2. The highest BCUT2D eigenvalue weighted by molar-refractivity contribution is 5.69. The minimum atomic E-state index is -0.00791. The first-order chi connectivity index (χ1) is 7.20. The number of esters is 1. The maximum atomic E-state index is 11.4. The summed E-state index contributed by atoms with van der Waals surface area (Å²) in [6, 6.07) is 1.45. The molecule has 0 N–H and O–H groups in total. The number of rotatable bonds is 3. The zero-order chi connectivity index (χ0) is 10.8. The number of hydrogen-bond acceptors (Lipinski definition) is 3. The molecule has 2 bridgehead atoms. The third kappa shape index (κ3) is 2.33. The standard InChI is InChI=1S/C12H21NO2/c1-3-15-12(14)8-9-6-10-4-5-11(7-9)13(10)2/h9-11H,3-8H2,1-2H3/t10-,11-/m1/s1. The van der Waals surface area contributed by atoms with Crippen LogP contribution in [0.15, 0.2) is 0 Å². The lowest BCUT2D eigenvalue weighted by Crippen LogP contribution is -2.40. The zero-order valence-corrected chi connectivity index (χ0v) is 9.74. The monoisotopic (exact) mass is 211 g/mol. The number of hydrogen-bond donors (Lipinski definition) is 0. The molecule has 2 rings (SSSR count). The molecule has 0 aromatic rings. The molecule has 2 aliphatic heterocycles. The van der Waals surface area contributed by atoms with Crippen LogP contribution < -0.4 is 0 Å². The lowest BCUT2D eigenvalue weighted by atomic mass is 9.88. The molecule has 0 spiro atoms. The molecule has 0 unspecified atom stereocenters. The lowest BCUT2D eigenvalue weighted by molar-refractivity contribution is -0.144. The number of nitrogens with zero attached hydrogens (tertiary/aromatic N) is 1. The number of ether oxygens (including phenoxy) is 1. The highest BCUT2D eigenvalue weighted by Gasteiger charge is 2.38. The van der Waals surface area contributed by atoms with Crippen LogP contribution in [0.5, 0.6) is 0 Å². The van der Waals surface area contributed by atoms with Crippen molar-refractivity contribution in [3.63, 3.8) is 0 Å². The van der Waals surface area contributed by atoms with E-state index in [0.717, 1.165) is 12.1 Å². The van der Waals surface area contributed by atoms with E-state index in [-0.39, 0.29) is 5.97 Å². The number of piperidine rings is 1.